The molecule has 3 saturated carbocycles. The Bertz CT molecular complexity index is 1330. The number of allylic oxidation sites excluding steroid dienone is 6. The lowest BCUT2D eigenvalue weighted by Gasteiger charge is -2.44. The number of hydrogen-bond donors (Lipinski definition) is 0. The summed E-state index contributed by atoms with van der Waals surface area (Å²) in [7, 11) is 0. The second kappa shape index (κ2) is 13.4. The Kier molecular flexibility index (Phi) is 10.1. The summed E-state index contributed by atoms with van der Waals surface area (Å²) in [6.07, 6.45) is 16.6. The van der Waals surface area contributed by atoms with E-state index in [0.29, 0.717) is 48.9 Å². The Labute approximate surface area is 255 Å². The highest BCUT2D eigenvalue weighted by molar-refractivity contribution is 5.91. The zero-order chi connectivity index (χ0) is 31.5. The number of rotatable bonds is 9. The fourth-order valence-corrected chi connectivity index (χ4v) is 7.47. The van der Waals surface area contributed by atoms with Crippen LogP contribution in [0.25, 0.3) is 0 Å². The van der Waals surface area contributed by atoms with Crippen molar-refractivity contribution < 1.29 is 19.4 Å². The van der Waals surface area contributed by atoms with E-state index >= 15 is 0 Å². The van der Waals surface area contributed by atoms with Gasteiger partial charge < -0.3 is 4.74 Å². The van der Waals surface area contributed by atoms with Gasteiger partial charge in [-0.3, -0.25) is 20.2 Å². The molecule has 0 radical (unpaired) electrons. The summed E-state index contributed by atoms with van der Waals surface area (Å²) in [4.78, 5) is 33.9. The van der Waals surface area contributed by atoms with E-state index in [-0.39, 0.29) is 11.0 Å². The predicted molar refractivity (Wildman–Crippen MR) is 169 cm³/mol. The summed E-state index contributed by atoms with van der Waals surface area (Å²) in [5.41, 5.74) is 2.63. The topological polar surface area (TPSA) is 113 Å². The molecule has 0 heterocycles. The number of carbonyl (C=O) groups is 1. The molecule has 232 valence electrons. The molecule has 3 fully saturated rings. The molecule has 0 unspecified atom stereocenters. The predicted octanol–water partition coefficient (Wildman–Crippen LogP) is 9.32. The lowest BCUT2D eigenvalue weighted by atomic mass is 9.61. The summed E-state index contributed by atoms with van der Waals surface area (Å²) >= 11 is 0. The van der Waals surface area contributed by atoms with Gasteiger partial charge in [0.05, 0.1) is 21.5 Å². The van der Waals surface area contributed by atoms with E-state index in [1.807, 2.05) is 0 Å². The maximum atomic E-state index is 12.9. The minimum Gasteiger partial charge on any atom is -0.458 e. The Hall–Kier alpha value is -3.55. The minimum atomic E-state index is -0.798. The smallest absolute Gasteiger partial charge is 0.338 e. The molecule has 0 N–H and O–H groups in total. The summed E-state index contributed by atoms with van der Waals surface area (Å²) in [5.74, 6) is 2.21. The van der Waals surface area contributed by atoms with Crippen LogP contribution in [-0.2, 0) is 4.74 Å². The molecule has 0 aliphatic heterocycles. The van der Waals surface area contributed by atoms with Crippen LogP contribution in [0.4, 0.5) is 11.4 Å². The van der Waals surface area contributed by atoms with Crippen molar-refractivity contribution in [3.05, 3.63) is 91.6 Å². The van der Waals surface area contributed by atoms with E-state index in [9.17, 15) is 25.0 Å². The third kappa shape index (κ3) is 7.34. The first-order chi connectivity index (χ1) is 20.3. The molecule has 0 amide bonds. The van der Waals surface area contributed by atoms with Crippen LogP contribution < -0.4 is 0 Å². The lowest BCUT2D eigenvalue weighted by Crippen LogP contribution is -2.35. The largest absolute Gasteiger partial charge is 0.458 e. The minimum absolute atomic E-state index is 0.196. The van der Waals surface area contributed by atoms with Crippen molar-refractivity contribution in [1.82, 2.24) is 0 Å². The van der Waals surface area contributed by atoms with Crippen LogP contribution in [0, 0.1) is 55.2 Å². The third-order valence-corrected chi connectivity index (χ3v) is 10.4. The first-order valence-electron chi connectivity index (χ1n) is 15.7. The zero-order valence-electron chi connectivity index (χ0n) is 26.2. The van der Waals surface area contributed by atoms with Gasteiger partial charge in [-0.05, 0) is 85.5 Å². The van der Waals surface area contributed by atoms with Crippen molar-refractivity contribution in [3.8, 4) is 0 Å². The molecular formula is C35H46N2O6. The van der Waals surface area contributed by atoms with Gasteiger partial charge in [0.2, 0.25) is 0 Å². The Morgan fingerprint density at radius 3 is 2.30 bits per heavy atom. The maximum Gasteiger partial charge on any atom is 0.338 e. The number of nitro benzene ring substituents is 2. The molecule has 3 aliphatic rings. The van der Waals surface area contributed by atoms with Gasteiger partial charge in [0, 0.05) is 18.6 Å². The van der Waals surface area contributed by atoms with Crippen molar-refractivity contribution in [2.24, 2.45) is 35.0 Å². The average molecular weight is 591 g/mol. The van der Waals surface area contributed by atoms with Gasteiger partial charge in [0.25, 0.3) is 11.4 Å². The van der Waals surface area contributed by atoms with Gasteiger partial charge in [-0.1, -0.05) is 76.6 Å². The van der Waals surface area contributed by atoms with Gasteiger partial charge in [-0.2, -0.15) is 0 Å². The average Bonchev–Trinajstić information content (AvgIpc) is 3.33. The second-order valence-corrected chi connectivity index (χ2v) is 13.5. The molecular weight excluding hydrogens is 544 g/mol. The number of non-ortho nitro benzene ring substituents is 2. The number of fused-ring (bicyclic) bond motifs is 1. The SMILES string of the molecule is C=C1CC[C@H](OC(=O)c2cc([N+](=O)[O-])cc([N+](=O)[O-])c2)C/C1=C/C=C1\CCC[C@]2(C)[C@@H]([C@H](C)/C=C/[C@H](C)C(C)C)CC[C@@H]12. The van der Waals surface area contributed by atoms with Crippen LogP contribution in [-0.4, -0.2) is 21.9 Å². The van der Waals surface area contributed by atoms with Gasteiger partial charge >= 0.3 is 5.97 Å². The van der Waals surface area contributed by atoms with Crippen molar-refractivity contribution in [2.75, 3.05) is 0 Å². The fourth-order valence-electron chi connectivity index (χ4n) is 7.47. The second-order valence-electron chi connectivity index (χ2n) is 13.5. The highest BCUT2D eigenvalue weighted by atomic mass is 16.6. The van der Waals surface area contributed by atoms with E-state index in [1.165, 1.54) is 31.3 Å². The van der Waals surface area contributed by atoms with E-state index in [0.717, 1.165) is 35.8 Å². The van der Waals surface area contributed by atoms with Crippen molar-refractivity contribution in [2.45, 2.75) is 92.1 Å². The van der Waals surface area contributed by atoms with Crippen LogP contribution in [0.15, 0.2) is 65.8 Å². The fraction of sp³-hybridized carbons (Fsp3) is 0.571. The van der Waals surface area contributed by atoms with Gasteiger partial charge in [-0.25, -0.2) is 4.79 Å². The summed E-state index contributed by atoms with van der Waals surface area (Å²) in [6, 6.07) is 2.88. The molecule has 0 spiro atoms. The standard InChI is InChI=1S/C35H46N2O6/c1-22(2)23(3)9-10-25(5)32-15-16-33-26(8-7-17-35(32,33)6)12-13-27-20-31(14-11-24(27)4)43-34(38)28-18-29(36(39)40)21-30(19-28)37(41)42/h9-10,12-13,18-19,21-23,25,31-33H,4,7-8,11,14-17,20H2,1-3,5-6H3/b10-9+,26-12+,27-13-/t23-,25+,31-,32+,33-,35+/m0/s1. The number of benzene rings is 1. The maximum absolute atomic E-state index is 12.9. The number of nitro groups is 2. The number of carbonyl (C=O) groups excluding carboxylic acids is 1. The van der Waals surface area contributed by atoms with Crippen LogP contribution in [0.2, 0.25) is 0 Å². The molecule has 4 rings (SSSR count). The normalized spacial score (nSPS) is 29.2. The number of hydrogen-bond acceptors (Lipinski definition) is 6. The Balaban J connectivity index is 1.47. The summed E-state index contributed by atoms with van der Waals surface area (Å²) < 4.78 is 5.70. The van der Waals surface area contributed by atoms with E-state index < -0.39 is 33.3 Å². The molecule has 43 heavy (non-hydrogen) atoms. The third-order valence-electron chi connectivity index (χ3n) is 10.4. The molecule has 8 heteroatoms. The number of esters is 1. The van der Waals surface area contributed by atoms with Crippen LogP contribution in [0.1, 0.15) is 96.3 Å². The molecule has 8 nitrogen and oxygen atoms in total. The number of ether oxygens (including phenoxy) is 1. The zero-order valence-corrected chi connectivity index (χ0v) is 26.2. The molecule has 3 aliphatic carbocycles. The van der Waals surface area contributed by atoms with E-state index in [4.69, 9.17) is 4.74 Å². The van der Waals surface area contributed by atoms with E-state index in [1.54, 1.807) is 0 Å². The van der Waals surface area contributed by atoms with Crippen molar-refractivity contribution in [3.63, 3.8) is 0 Å². The Morgan fingerprint density at radius 2 is 1.67 bits per heavy atom. The monoisotopic (exact) mass is 590 g/mol. The van der Waals surface area contributed by atoms with Crippen molar-refractivity contribution in [1.29, 1.82) is 0 Å². The first kappa shape index (κ1) is 32.4. The van der Waals surface area contributed by atoms with Crippen LogP contribution in [0.3, 0.4) is 0 Å². The Morgan fingerprint density at radius 1 is 1.00 bits per heavy atom. The van der Waals surface area contributed by atoms with Crippen LogP contribution >= 0.6 is 0 Å². The highest BCUT2D eigenvalue weighted by Gasteiger charge is 2.50. The lowest BCUT2D eigenvalue weighted by molar-refractivity contribution is -0.394. The summed E-state index contributed by atoms with van der Waals surface area (Å²) in [5, 5.41) is 22.5. The van der Waals surface area contributed by atoms with Gasteiger partial charge in [0.15, 0.2) is 0 Å². The van der Waals surface area contributed by atoms with Crippen LogP contribution in [0.5, 0.6) is 0 Å². The van der Waals surface area contributed by atoms with Gasteiger partial charge in [-0.15, -0.1) is 0 Å². The quantitative estimate of drug-likeness (QED) is 0.123. The molecule has 1 aromatic carbocycles. The molecule has 0 saturated heterocycles. The molecule has 1 aromatic rings. The van der Waals surface area contributed by atoms with E-state index in [2.05, 4.69) is 65.5 Å². The van der Waals surface area contributed by atoms with Gasteiger partial charge in [0.1, 0.15) is 6.10 Å². The number of nitrogens with zero attached hydrogens (tertiary/aromatic N) is 2. The van der Waals surface area contributed by atoms with Crippen molar-refractivity contribution >= 4 is 17.3 Å². The highest BCUT2D eigenvalue weighted by Crippen LogP contribution is 2.59. The first-order valence-corrected chi connectivity index (χ1v) is 15.7. The molecule has 0 bridgehead atoms. The summed E-state index contributed by atoms with van der Waals surface area (Å²) in [6.45, 7) is 16.0. The molecule has 6 atom stereocenters. The molecule has 0 aromatic heterocycles.